The normalized spacial score (nSPS) is 22.4. The second kappa shape index (κ2) is 3.96. The summed E-state index contributed by atoms with van der Waals surface area (Å²) in [7, 11) is 0. The van der Waals surface area contributed by atoms with Crippen LogP contribution in [-0.4, -0.2) is 9.55 Å². The highest BCUT2D eigenvalue weighted by atomic mass is 32.1. The first-order valence-corrected chi connectivity index (χ1v) is 6.03. The molecule has 3 rings (SSSR count). The van der Waals surface area contributed by atoms with Gasteiger partial charge in [-0.2, -0.15) is 0 Å². The third kappa shape index (κ3) is 1.96. The van der Waals surface area contributed by atoms with Crippen molar-refractivity contribution < 1.29 is 0 Å². The van der Waals surface area contributed by atoms with Crippen LogP contribution in [0.25, 0.3) is 0 Å². The minimum atomic E-state index is -0.136. The first-order valence-electron chi connectivity index (χ1n) is 5.62. The van der Waals surface area contributed by atoms with Gasteiger partial charge < -0.3 is 4.57 Å². The third-order valence-corrected chi connectivity index (χ3v) is 3.51. The Morgan fingerprint density at radius 3 is 2.71 bits per heavy atom. The van der Waals surface area contributed by atoms with Crippen molar-refractivity contribution >= 4 is 12.2 Å². The molecule has 17 heavy (non-hydrogen) atoms. The fraction of sp³-hybridized carbons (Fsp3) is 0.231. The van der Waals surface area contributed by atoms with Gasteiger partial charge >= 0.3 is 0 Å². The maximum absolute atomic E-state index is 11.1. The number of aromatic nitrogens is 2. The van der Waals surface area contributed by atoms with Crippen molar-refractivity contribution in [2.75, 3.05) is 0 Å². The zero-order valence-corrected chi connectivity index (χ0v) is 9.98. The zero-order chi connectivity index (χ0) is 11.8. The topological polar surface area (TPSA) is 37.8 Å². The Balaban J connectivity index is 1.90. The summed E-state index contributed by atoms with van der Waals surface area (Å²) in [4.78, 5) is 13.8. The van der Waals surface area contributed by atoms with E-state index in [0.29, 0.717) is 16.7 Å². The predicted molar refractivity (Wildman–Crippen MR) is 68.7 cm³/mol. The summed E-state index contributed by atoms with van der Waals surface area (Å²) < 4.78 is 2.50. The standard InChI is InChI=1S/C13H12N2OS/c16-12-6-7-15(13(17)14-12)11-8-10(11)9-4-2-1-3-5-9/h1-7,10-11H,8H2,(H,14,16,17). The molecule has 1 N–H and O–H groups in total. The van der Waals surface area contributed by atoms with Crippen LogP contribution >= 0.6 is 12.2 Å². The van der Waals surface area contributed by atoms with E-state index in [9.17, 15) is 4.79 Å². The third-order valence-electron chi connectivity index (χ3n) is 3.19. The molecule has 1 aliphatic rings. The van der Waals surface area contributed by atoms with Gasteiger partial charge in [-0.25, -0.2) is 0 Å². The van der Waals surface area contributed by atoms with Crippen LogP contribution in [0.15, 0.2) is 47.4 Å². The molecule has 2 unspecified atom stereocenters. The minimum absolute atomic E-state index is 0.136. The number of nitrogens with zero attached hydrogens (tertiary/aromatic N) is 1. The highest BCUT2D eigenvalue weighted by Gasteiger charge is 2.39. The Kier molecular flexibility index (Phi) is 2.44. The fourth-order valence-corrected chi connectivity index (χ4v) is 2.53. The van der Waals surface area contributed by atoms with Crippen molar-refractivity contribution in [1.82, 2.24) is 9.55 Å². The molecule has 86 valence electrons. The highest BCUT2D eigenvalue weighted by molar-refractivity contribution is 7.71. The number of hydrogen-bond acceptors (Lipinski definition) is 2. The van der Waals surface area contributed by atoms with E-state index in [1.807, 2.05) is 10.6 Å². The summed E-state index contributed by atoms with van der Waals surface area (Å²) in [6.07, 6.45) is 2.87. The van der Waals surface area contributed by atoms with Crippen LogP contribution in [0.5, 0.6) is 0 Å². The van der Waals surface area contributed by atoms with E-state index in [0.717, 1.165) is 6.42 Å². The van der Waals surface area contributed by atoms with Crippen LogP contribution in [0.2, 0.25) is 0 Å². The lowest BCUT2D eigenvalue weighted by Gasteiger charge is -2.05. The second-order valence-electron chi connectivity index (χ2n) is 4.34. The van der Waals surface area contributed by atoms with Gasteiger partial charge in [-0.3, -0.25) is 9.78 Å². The van der Waals surface area contributed by atoms with Crippen molar-refractivity contribution in [3.8, 4) is 0 Å². The second-order valence-corrected chi connectivity index (χ2v) is 4.72. The zero-order valence-electron chi connectivity index (χ0n) is 9.17. The number of benzene rings is 1. The lowest BCUT2D eigenvalue weighted by atomic mass is 10.1. The van der Waals surface area contributed by atoms with Crippen LogP contribution < -0.4 is 5.56 Å². The van der Waals surface area contributed by atoms with Crippen molar-refractivity contribution in [2.45, 2.75) is 18.4 Å². The van der Waals surface area contributed by atoms with Crippen LogP contribution in [0, 0.1) is 4.77 Å². The van der Waals surface area contributed by atoms with Gasteiger partial charge in [-0.05, 0) is 24.2 Å². The fourth-order valence-electron chi connectivity index (χ4n) is 2.24. The van der Waals surface area contributed by atoms with Gasteiger partial charge in [0.2, 0.25) is 0 Å². The Morgan fingerprint density at radius 2 is 2.00 bits per heavy atom. The molecule has 1 heterocycles. The predicted octanol–water partition coefficient (Wildman–Crippen LogP) is 2.63. The molecule has 1 aromatic carbocycles. The number of rotatable bonds is 2. The summed E-state index contributed by atoms with van der Waals surface area (Å²) in [5.41, 5.74) is 1.20. The van der Waals surface area contributed by atoms with Gasteiger partial charge in [-0.1, -0.05) is 30.3 Å². The molecule has 1 saturated carbocycles. The summed E-state index contributed by atoms with van der Waals surface area (Å²) >= 11 is 5.17. The molecule has 1 aromatic heterocycles. The van der Waals surface area contributed by atoms with E-state index in [1.165, 1.54) is 11.6 Å². The number of hydrogen-bond donors (Lipinski definition) is 1. The monoisotopic (exact) mass is 244 g/mol. The van der Waals surface area contributed by atoms with Crippen LogP contribution in [0.1, 0.15) is 23.9 Å². The van der Waals surface area contributed by atoms with Gasteiger partial charge in [-0.15, -0.1) is 0 Å². The molecule has 0 saturated heterocycles. The molecule has 0 spiro atoms. The van der Waals surface area contributed by atoms with Crippen molar-refractivity contribution in [3.63, 3.8) is 0 Å². The summed E-state index contributed by atoms with van der Waals surface area (Å²) in [5.74, 6) is 0.522. The molecule has 0 aliphatic heterocycles. The quantitative estimate of drug-likeness (QED) is 0.825. The van der Waals surface area contributed by atoms with Gasteiger partial charge in [0.05, 0.1) is 0 Å². The average Bonchev–Trinajstić information content (AvgIpc) is 3.10. The van der Waals surface area contributed by atoms with Crippen molar-refractivity contribution in [2.24, 2.45) is 0 Å². The Labute approximate surface area is 104 Å². The summed E-state index contributed by atoms with van der Waals surface area (Å²) in [6.45, 7) is 0. The number of aromatic amines is 1. The summed E-state index contributed by atoms with van der Waals surface area (Å²) in [5, 5.41) is 0. The lowest BCUT2D eigenvalue weighted by molar-refractivity contribution is 0.677. The molecule has 3 nitrogen and oxygen atoms in total. The molecular formula is C13H12N2OS. The van der Waals surface area contributed by atoms with Crippen LogP contribution in [-0.2, 0) is 0 Å². The van der Waals surface area contributed by atoms with E-state index in [4.69, 9.17) is 12.2 Å². The maximum atomic E-state index is 11.1. The van der Waals surface area contributed by atoms with E-state index < -0.39 is 0 Å². The average molecular weight is 244 g/mol. The van der Waals surface area contributed by atoms with Crippen LogP contribution in [0.4, 0.5) is 0 Å². The molecule has 0 amide bonds. The molecule has 4 heteroatoms. The van der Waals surface area contributed by atoms with Gasteiger partial charge in [0.25, 0.3) is 5.56 Å². The lowest BCUT2D eigenvalue weighted by Crippen LogP contribution is -2.10. The summed E-state index contributed by atoms with van der Waals surface area (Å²) in [6, 6.07) is 12.3. The Morgan fingerprint density at radius 1 is 1.24 bits per heavy atom. The van der Waals surface area contributed by atoms with E-state index in [-0.39, 0.29) is 5.56 Å². The minimum Gasteiger partial charge on any atom is -0.321 e. The Hall–Kier alpha value is -1.68. The van der Waals surface area contributed by atoms with Crippen molar-refractivity contribution in [1.29, 1.82) is 0 Å². The molecule has 0 bridgehead atoms. The molecule has 0 radical (unpaired) electrons. The maximum Gasteiger partial charge on any atom is 0.251 e. The van der Waals surface area contributed by atoms with Gasteiger partial charge in [0.15, 0.2) is 4.77 Å². The first kappa shape index (κ1) is 10.5. The van der Waals surface area contributed by atoms with E-state index in [1.54, 1.807) is 6.20 Å². The molecular weight excluding hydrogens is 232 g/mol. The van der Waals surface area contributed by atoms with Crippen molar-refractivity contribution in [3.05, 3.63) is 63.3 Å². The molecule has 2 aromatic rings. The van der Waals surface area contributed by atoms with Gasteiger partial charge in [0, 0.05) is 24.2 Å². The molecule has 1 aliphatic carbocycles. The number of nitrogens with one attached hydrogen (secondary N) is 1. The highest BCUT2D eigenvalue weighted by Crippen LogP contribution is 2.51. The molecule has 1 fully saturated rings. The van der Waals surface area contributed by atoms with Gasteiger partial charge in [0.1, 0.15) is 0 Å². The van der Waals surface area contributed by atoms with E-state index >= 15 is 0 Å². The SMILES string of the molecule is O=c1ccn(C2CC2c2ccccc2)c(=S)[nH]1. The number of H-pyrrole nitrogens is 1. The van der Waals surface area contributed by atoms with E-state index in [2.05, 4.69) is 29.2 Å². The smallest absolute Gasteiger partial charge is 0.251 e. The molecule has 2 atom stereocenters. The Bertz CT molecular complexity index is 644. The largest absolute Gasteiger partial charge is 0.321 e. The first-order chi connectivity index (χ1) is 8.25. The van der Waals surface area contributed by atoms with Crippen LogP contribution in [0.3, 0.4) is 0 Å².